The summed E-state index contributed by atoms with van der Waals surface area (Å²) in [7, 11) is 1.68. The highest BCUT2D eigenvalue weighted by atomic mass is 16.5. The zero-order valence-electron chi connectivity index (χ0n) is 13.5. The predicted octanol–water partition coefficient (Wildman–Crippen LogP) is 2.59. The zero-order valence-corrected chi connectivity index (χ0v) is 13.5. The van der Waals surface area contributed by atoms with Crippen molar-refractivity contribution in [3.05, 3.63) is 29.8 Å². The standard InChI is InChI=1S/C18H26N2O2/c1-12(16-5-3-4-6-17(16)22-2)9-18(21)20-15-10-13-7-8-14(11-15)19-13/h3-6,12-15,19H,7-11H2,1-2H3,(H,20,21). The fourth-order valence-electron chi connectivity index (χ4n) is 3.92. The lowest BCUT2D eigenvalue weighted by Crippen LogP contribution is -2.48. The van der Waals surface area contributed by atoms with Crippen LogP contribution in [0.5, 0.6) is 5.75 Å². The normalized spacial score (nSPS) is 28.2. The summed E-state index contributed by atoms with van der Waals surface area (Å²) < 4.78 is 5.39. The van der Waals surface area contributed by atoms with Gasteiger partial charge in [-0.25, -0.2) is 0 Å². The number of benzene rings is 1. The summed E-state index contributed by atoms with van der Waals surface area (Å²) in [6, 6.07) is 9.51. The number of carbonyl (C=O) groups excluding carboxylic acids is 1. The maximum Gasteiger partial charge on any atom is 0.220 e. The van der Waals surface area contributed by atoms with Gasteiger partial charge < -0.3 is 15.4 Å². The molecule has 3 unspecified atom stereocenters. The van der Waals surface area contributed by atoms with Gasteiger partial charge in [-0.15, -0.1) is 0 Å². The highest BCUT2D eigenvalue weighted by molar-refractivity contribution is 5.77. The number of hydrogen-bond donors (Lipinski definition) is 2. The van der Waals surface area contributed by atoms with Crippen molar-refractivity contribution in [2.75, 3.05) is 7.11 Å². The van der Waals surface area contributed by atoms with E-state index in [1.165, 1.54) is 12.8 Å². The van der Waals surface area contributed by atoms with Gasteiger partial charge in [0, 0.05) is 24.5 Å². The Morgan fingerprint density at radius 1 is 1.32 bits per heavy atom. The van der Waals surface area contributed by atoms with E-state index in [1.54, 1.807) is 7.11 Å². The second-order valence-corrected chi connectivity index (χ2v) is 6.72. The van der Waals surface area contributed by atoms with Gasteiger partial charge in [-0.05, 0) is 43.2 Å². The molecule has 3 rings (SSSR count). The molecule has 2 aliphatic heterocycles. The number of hydrogen-bond acceptors (Lipinski definition) is 3. The number of fused-ring (bicyclic) bond motifs is 2. The maximum absolute atomic E-state index is 12.4. The van der Waals surface area contributed by atoms with Gasteiger partial charge in [0.05, 0.1) is 7.11 Å². The SMILES string of the molecule is COc1ccccc1C(C)CC(=O)NC1CC2CCC(C1)N2. The monoisotopic (exact) mass is 302 g/mol. The molecule has 0 spiro atoms. The van der Waals surface area contributed by atoms with E-state index in [-0.39, 0.29) is 11.8 Å². The molecule has 1 amide bonds. The molecule has 120 valence electrons. The number of carbonyl (C=O) groups is 1. The minimum atomic E-state index is 0.157. The molecule has 2 aliphatic rings. The van der Waals surface area contributed by atoms with Crippen LogP contribution in [0.1, 0.15) is 50.5 Å². The van der Waals surface area contributed by atoms with E-state index in [4.69, 9.17) is 4.74 Å². The molecule has 2 heterocycles. The lowest BCUT2D eigenvalue weighted by atomic mass is 9.95. The summed E-state index contributed by atoms with van der Waals surface area (Å²) >= 11 is 0. The summed E-state index contributed by atoms with van der Waals surface area (Å²) in [6.07, 6.45) is 5.18. The molecule has 2 N–H and O–H groups in total. The second kappa shape index (κ2) is 6.69. The number of methoxy groups -OCH3 is 1. The molecular weight excluding hydrogens is 276 g/mol. The van der Waals surface area contributed by atoms with Crippen LogP contribution in [0.3, 0.4) is 0 Å². The molecule has 0 aliphatic carbocycles. The first-order valence-electron chi connectivity index (χ1n) is 8.34. The van der Waals surface area contributed by atoms with Gasteiger partial charge >= 0.3 is 0 Å². The van der Waals surface area contributed by atoms with Gasteiger partial charge in [0.25, 0.3) is 0 Å². The van der Waals surface area contributed by atoms with Crippen LogP contribution in [0.25, 0.3) is 0 Å². The molecule has 1 aromatic rings. The lowest BCUT2D eigenvalue weighted by molar-refractivity contribution is -0.122. The Hall–Kier alpha value is -1.55. The summed E-state index contributed by atoms with van der Waals surface area (Å²) in [6.45, 7) is 2.09. The molecule has 0 aromatic heterocycles. The third kappa shape index (κ3) is 3.43. The van der Waals surface area contributed by atoms with Gasteiger partial charge in [-0.3, -0.25) is 4.79 Å². The molecule has 22 heavy (non-hydrogen) atoms. The minimum Gasteiger partial charge on any atom is -0.496 e. The molecule has 2 fully saturated rings. The largest absolute Gasteiger partial charge is 0.496 e. The van der Waals surface area contributed by atoms with E-state index in [2.05, 4.69) is 17.6 Å². The van der Waals surface area contributed by atoms with Crippen LogP contribution in [-0.2, 0) is 4.79 Å². The van der Waals surface area contributed by atoms with Gasteiger partial charge in [0.15, 0.2) is 0 Å². The molecule has 4 heteroatoms. The van der Waals surface area contributed by atoms with Gasteiger partial charge in [-0.1, -0.05) is 25.1 Å². The molecular formula is C18H26N2O2. The Kier molecular flexibility index (Phi) is 4.67. The van der Waals surface area contributed by atoms with Crippen molar-refractivity contribution in [2.45, 2.75) is 63.1 Å². The van der Waals surface area contributed by atoms with Crippen molar-refractivity contribution in [2.24, 2.45) is 0 Å². The van der Waals surface area contributed by atoms with E-state index < -0.39 is 0 Å². The third-order valence-corrected chi connectivity index (χ3v) is 5.00. The third-order valence-electron chi connectivity index (χ3n) is 5.00. The number of para-hydroxylation sites is 1. The smallest absolute Gasteiger partial charge is 0.220 e. The molecule has 3 atom stereocenters. The fourth-order valence-corrected chi connectivity index (χ4v) is 3.92. The maximum atomic E-state index is 12.4. The first-order valence-corrected chi connectivity index (χ1v) is 8.34. The molecule has 1 aromatic carbocycles. The highest BCUT2D eigenvalue weighted by Gasteiger charge is 2.34. The van der Waals surface area contributed by atoms with E-state index in [9.17, 15) is 4.79 Å². The summed E-state index contributed by atoms with van der Waals surface area (Å²) in [5.74, 6) is 1.18. The van der Waals surface area contributed by atoms with Gasteiger partial charge in [-0.2, -0.15) is 0 Å². The molecule has 0 saturated carbocycles. The Balaban J connectivity index is 1.55. The van der Waals surface area contributed by atoms with Gasteiger partial charge in [0.2, 0.25) is 5.91 Å². The summed E-state index contributed by atoms with van der Waals surface area (Å²) in [4.78, 5) is 12.4. The van der Waals surface area contributed by atoms with Crippen molar-refractivity contribution in [1.82, 2.24) is 10.6 Å². The summed E-state index contributed by atoms with van der Waals surface area (Å²) in [5, 5.41) is 6.85. The zero-order chi connectivity index (χ0) is 15.5. The topological polar surface area (TPSA) is 50.4 Å². The van der Waals surface area contributed by atoms with Crippen LogP contribution in [0.15, 0.2) is 24.3 Å². The molecule has 2 bridgehead atoms. The molecule has 4 nitrogen and oxygen atoms in total. The number of amides is 1. The Morgan fingerprint density at radius 3 is 2.68 bits per heavy atom. The quantitative estimate of drug-likeness (QED) is 0.879. The Bertz CT molecular complexity index is 520. The first-order chi connectivity index (χ1) is 10.7. The van der Waals surface area contributed by atoms with Crippen LogP contribution in [-0.4, -0.2) is 31.1 Å². The van der Waals surface area contributed by atoms with Gasteiger partial charge in [0.1, 0.15) is 5.75 Å². The van der Waals surface area contributed by atoms with Crippen molar-refractivity contribution >= 4 is 5.91 Å². The number of piperidine rings is 1. The fraction of sp³-hybridized carbons (Fsp3) is 0.611. The minimum absolute atomic E-state index is 0.157. The van der Waals surface area contributed by atoms with Crippen molar-refractivity contribution < 1.29 is 9.53 Å². The Labute approximate surface area is 132 Å². The number of rotatable bonds is 5. The number of nitrogens with one attached hydrogen (secondary N) is 2. The summed E-state index contributed by atoms with van der Waals surface area (Å²) in [5.41, 5.74) is 1.10. The van der Waals surface area contributed by atoms with E-state index in [1.807, 2.05) is 24.3 Å². The molecule has 0 radical (unpaired) electrons. The highest BCUT2D eigenvalue weighted by Crippen LogP contribution is 2.29. The molecule has 2 saturated heterocycles. The lowest BCUT2D eigenvalue weighted by Gasteiger charge is -2.30. The van der Waals surface area contributed by atoms with E-state index >= 15 is 0 Å². The van der Waals surface area contributed by atoms with Crippen molar-refractivity contribution in [1.29, 1.82) is 0 Å². The average Bonchev–Trinajstić information content (AvgIpc) is 2.85. The Morgan fingerprint density at radius 2 is 2.00 bits per heavy atom. The van der Waals surface area contributed by atoms with Crippen LogP contribution in [0, 0.1) is 0 Å². The van der Waals surface area contributed by atoms with E-state index in [0.717, 1.165) is 24.2 Å². The second-order valence-electron chi connectivity index (χ2n) is 6.72. The van der Waals surface area contributed by atoms with Crippen LogP contribution in [0.4, 0.5) is 0 Å². The van der Waals surface area contributed by atoms with Crippen LogP contribution in [0.2, 0.25) is 0 Å². The number of ether oxygens (including phenoxy) is 1. The predicted molar refractivity (Wildman–Crippen MR) is 87.1 cm³/mol. The van der Waals surface area contributed by atoms with E-state index in [0.29, 0.717) is 24.5 Å². The first kappa shape index (κ1) is 15.3. The average molecular weight is 302 g/mol. The van der Waals surface area contributed by atoms with Crippen LogP contribution >= 0.6 is 0 Å². The van der Waals surface area contributed by atoms with Crippen molar-refractivity contribution in [3.63, 3.8) is 0 Å². The van der Waals surface area contributed by atoms with Crippen LogP contribution < -0.4 is 15.4 Å². The van der Waals surface area contributed by atoms with Crippen molar-refractivity contribution in [3.8, 4) is 5.75 Å².